The summed E-state index contributed by atoms with van der Waals surface area (Å²) in [6.07, 6.45) is 1.35. The number of hydrogen-bond donors (Lipinski definition) is 2. The first-order valence-corrected chi connectivity index (χ1v) is 9.24. The van der Waals surface area contributed by atoms with Crippen LogP contribution in [-0.4, -0.2) is 67.7 Å². The molecule has 0 aromatic heterocycles. The molecule has 8 heteroatoms. The summed E-state index contributed by atoms with van der Waals surface area (Å²) in [4.78, 5) is 29.0. The Labute approximate surface area is 166 Å². The van der Waals surface area contributed by atoms with Gasteiger partial charge in [-0.2, -0.15) is 0 Å². The average Bonchev–Trinajstić information content (AvgIpc) is 2.68. The van der Waals surface area contributed by atoms with Crippen molar-refractivity contribution in [2.75, 3.05) is 51.3 Å². The Morgan fingerprint density at radius 2 is 1.78 bits per heavy atom. The van der Waals surface area contributed by atoms with E-state index in [1.54, 1.807) is 4.90 Å². The molecule has 2 heterocycles. The van der Waals surface area contributed by atoms with Gasteiger partial charge in [-0.25, -0.2) is 4.79 Å². The number of nitrogens with one attached hydrogen (secondary N) is 1. The number of anilines is 1. The highest BCUT2D eigenvalue weighted by molar-refractivity contribution is 5.90. The topological polar surface area (TPSA) is 87.9 Å². The van der Waals surface area contributed by atoms with Crippen molar-refractivity contribution in [1.82, 2.24) is 9.80 Å². The van der Waals surface area contributed by atoms with Gasteiger partial charge in [0, 0.05) is 51.6 Å². The van der Waals surface area contributed by atoms with Crippen LogP contribution < -0.4 is 11.1 Å². The summed E-state index contributed by atoms with van der Waals surface area (Å²) in [5.41, 5.74) is 7.33. The molecule has 27 heavy (non-hydrogen) atoms. The second-order valence-electron chi connectivity index (χ2n) is 7.18. The van der Waals surface area contributed by atoms with Crippen molar-refractivity contribution in [3.63, 3.8) is 0 Å². The predicted octanol–water partition coefficient (Wildman–Crippen LogP) is 1.85. The van der Waals surface area contributed by atoms with E-state index in [0.717, 1.165) is 11.3 Å². The van der Waals surface area contributed by atoms with Gasteiger partial charge in [0.05, 0.1) is 5.41 Å². The van der Waals surface area contributed by atoms with Crippen molar-refractivity contribution in [1.29, 1.82) is 0 Å². The molecule has 3 rings (SSSR count). The molecular formula is C19H29ClN4O3. The van der Waals surface area contributed by atoms with Crippen molar-refractivity contribution in [2.24, 2.45) is 11.1 Å². The number of urea groups is 1. The standard InChI is InChI=1S/C19H28N4O3.ClH/c1-15-3-2-4-16(13-15)21-18(25)23-9-7-22(8-10-23)17(24)19(14-20)5-11-26-12-6-19;/h2-4,13H,5-12,14,20H2,1H3,(H,21,25);1H. The molecule has 3 N–H and O–H groups in total. The Morgan fingerprint density at radius 1 is 1.15 bits per heavy atom. The van der Waals surface area contributed by atoms with Gasteiger partial charge in [0.1, 0.15) is 0 Å². The quantitative estimate of drug-likeness (QED) is 0.816. The van der Waals surface area contributed by atoms with E-state index in [4.69, 9.17) is 10.5 Å². The summed E-state index contributed by atoms with van der Waals surface area (Å²) < 4.78 is 5.39. The Hall–Kier alpha value is -1.83. The predicted molar refractivity (Wildman–Crippen MR) is 107 cm³/mol. The molecule has 1 aromatic carbocycles. The van der Waals surface area contributed by atoms with Crippen LogP contribution in [0.15, 0.2) is 24.3 Å². The van der Waals surface area contributed by atoms with Gasteiger partial charge in [0.2, 0.25) is 5.91 Å². The number of hydrogen-bond acceptors (Lipinski definition) is 4. The van der Waals surface area contributed by atoms with E-state index in [-0.39, 0.29) is 24.3 Å². The summed E-state index contributed by atoms with van der Waals surface area (Å²) in [6, 6.07) is 7.60. The molecule has 0 radical (unpaired) electrons. The summed E-state index contributed by atoms with van der Waals surface area (Å²) in [5.74, 6) is 0.113. The van der Waals surface area contributed by atoms with Gasteiger partial charge in [-0.05, 0) is 37.5 Å². The minimum atomic E-state index is -0.496. The number of rotatable bonds is 3. The molecule has 0 unspecified atom stereocenters. The summed E-state index contributed by atoms with van der Waals surface area (Å²) in [5, 5.41) is 2.93. The van der Waals surface area contributed by atoms with Gasteiger partial charge in [0.25, 0.3) is 0 Å². The fraction of sp³-hybridized carbons (Fsp3) is 0.579. The van der Waals surface area contributed by atoms with Crippen molar-refractivity contribution in [3.8, 4) is 0 Å². The fourth-order valence-corrected chi connectivity index (χ4v) is 3.64. The van der Waals surface area contributed by atoms with Gasteiger partial charge in [-0.15, -0.1) is 12.4 Å². The molecule has 150 valence electrons. The Balaban J connectivity index is 0.00000261. The van der Waals surface area contributed by atoms with Crippen molar-refractivity contribution < 1.29 is 14.3 Å². The molecular weight excluding hydrogens is 368 g/mol. The maximum Gasteiger partial charge on any atom is 0.321 e. The van der Waals surface area contributed by atoms with Gasteiger partial charge in [-0.3, -0.25) is 4.79 Å². The molecule has 3 amide bonds. The van der Waals surface area contributed by atoms with Crippen LogP contribution in [0.1, 0.15) is 18.4 Å². The van der Waals surface area contributed by atoms with Gasteiger partial charge < -0.3 is 25.6 Å². The number of aryl methyl sites for hydroxylation is 1. The van der Waals surface area contributed by atoms with Crippen molar-refractivity contribution in [3.05, 3.63) is 29.8 Å². The minimum absolute atomic E-state index is 0. The number of nitrogens with two attached hydrogens (primary N) is 1. The Bertz CT molecular complexity index is 656. The first kappa shape index (κ1) is 21.5. The number of carbonyl (C=O) groups is 2. The number of halogens is 1. The van der Waals surface area contributed by atoms with E-state index in [0.29, 0.717) is 58.8 Å². The third-order valence-electron chi connectivity index (χ3n) is 5.42. The average molecular weight is 397 g/mol. The maximum atomic E-state index is 13.0. The molecule has 0 atom stereocenters. The van der Waals surface area contributed by atoms with Crippen LogP contribution in [0.2, 0.25) is 0 Å². The van der Waals surface area contributed by atoms with Crippen LogP contribution in [-0.2, 0) is 9.53 Å². The zero-order chi connectivity index (χ0) is 18.6. The first-order chi connectivity index (χ1) is 12.5. The third kappa shape index (κ3) is 4.91. The van der Waals surface area contributed by atoms with Crippen LogP contribution in [0, 0.1) is 12.3 Å². The SMILES string of the molecule is Cc1cccc(NC(=O)N2CCN(C(=O)C3(CN)CCOCC3)CC2)c1.Cl. The molecule has 2 saturated heterocycles. The van der Waals surface area contributed by atoms with E-state index in [1.807, 2.05) is 36.1 Å². The highest BCUT2D eigenvalue weighted by Crippen LogP contribution is 2.32. The van der Waals surface area contributed by atoms with Crippen LogP contribution in [0.4, 0.5) is 10.5 Å². The lowest BCUT2D eigenvalue weighted by molar-refractivity contribution is -0.148. The number of carbonyl (C=O) groups excluding carboxylic acids is 2. The number of ether oxygens (including phenoxy) is 1. The normalized spacial score (nSPS) is 19.2. The van der Waals surface area contributed by atoms with Crippen molar-refractivity contribution >= 4 is 30.0 Å². The molecule has 0 aliphatic carbocycles. The minimum Gasteiger partial charge on any atom is -0.381 e. The molecule has 0 bridgehead atoms. The maximum absolute atomic E-state index is 13.0. The largest absolute Gasteiger partial charge is 0.381 e. The number of benzene rings is 1. The highest BCUT2D eigenvalue weighted by Gasteiger charge is 2.42. The smallest absolute Gasteiger partial charge is 0.321 e. The second-order valence-corrected chi connectivity index (χ2v) is 7.18. The number of nitrogens with zero attached hydrogens (tertiary/aromatic N) is 2. The van der Waals surface area contributed by atoms with Crippen LogP contribution in [0.25, 0.3) is 0 Å². The lowest BCUT2D eigenvalue weighted by atomic mass is 9.78. The van der Waals surface area contributed by atoms with E-state index in [2.05, 4.69) is 5.32 Å². The summed E-state index contributed by atoms with van der Waals surface area (Å²) in [7, 11) is 0. The highest BCUT2D eigenvalue weighted by atomic mass is 35.5. The lowest BCUT2D eigenvalue weighted by Crippen LogP contribution is -2.57. The third-order valence-corrected chi connectivity index (χ3v) is 5.42. The van der Waals surface area contributed by atoms with Crippen LogP contribution in [0.5, 0.6) is 0 Å². The molecule has 0 saturated carbocycles. The second kappa shape index (κ2) is 9.39. The van der Waals surface area contributed by atoms with E-state index in [1.165, 1.54) is 0 Å². The van der Waals surface area contributed by atoms with E-state index < -0.39 is 5.41 Å². The molecule has 1 aromatic rings. The van der Waals surface area contributed by atoms with Crippen LogP contribution >= 0.6 is 12.4 Å². The molecule has 2 aliphatic heterocycles. The monoisotopic (exact) mass is 396 g/mol. The summed E-state index contributed by atoms with van der Waals surface area (Å²) in [6.45, 7) is 5.66. The number of amides is 3. The zero-order valence-electron chi connectivity index (χ0n) is 15.8. The van der Waals surface area contributed by atoms with Crippen molar-refractivity contribution in [2.45, 2.75) is 19.8 Å². The Morgan fingerprint density at radius 3 is 2.37 bits per heavy atom. The molecule has 2 aliphatic rings. The Kier molecular flexibility index (Phi) is 7.47. The lowest BCUT2D eigenvalue weighted by Gasteiger charge is -2.42. The fourth-order valence-electron chi connectivity index (χ4n) is 3.64. The van der Waals surface area contributed by atoms with Crippen LogP contribution in [0.3, 0.4) is 0 Å². The molecule has 0 spiro atoms. The van der Waals surface area contributed by atoms with Gasteiger partial charge in [0.15, 0.2) is 0 Å². The van der Waals surface area contributed by atoms with E-state index in [9.17, 15) is 9.59 Å². The van der Waals surface area contributed by atoms with Gasteiger partial charge >= 0.3 is 6.03 Å². The molecule has 2 fully saturated rings. The van der Waals surface area contributed by atoms with E-state index >= 15 is 0 Å². The van der Waals surface area contributed by atoms with Gasteiger partial charge in [-0.1, -0.05) is 12.1 Å². The number of piperazine rings is 1. The molecule has 7 nitrogen and oxygen atoms in total. The summed E-state index contributed by atoms with van der Waals surface area (Å²) >= 11 is 0. The zero-order valence-corrected chi connectivity index (χ0v) is 16.6. The first-order valence-electron chi connectivity index (χ1n) is 9.24.